The molecule has 0 radical (unpaired) electrons. The van der Waals surface area contributed by atoms with Gasteiger partial charge in [0.1, 0.15) is 22.3 Å². The number of hydrogen-bond acceptors (Lipinski definition) is 2. The molecule has 4 aromatic heterocycles. The molecule has 504 valence electrons. The van der Waals surface area contributed by atoms with Crippen LogP contribution in [0.3, 0.4) is 0 Å². The van der Waals surface area contributed by atoms with Crippen LogP contribution in [0.25, 0.3) is 202 Å². The molecule has 0 unspecified atom stereocenters. The Balaban J connectivity index is 0.000000111. The maximum atomic E-state index is 6.36. The Morgan fingerprint density at radius 2 is 0.598 bits per heavy atom. The lowest BCUT2D eigenvalue weighted by Crippen LogP contribution is -2.15. The molecule has 4 nitrogen and oxygen atoms in total. The van der Waals surface area contributed by atoms with Crippen molar-refractivity contribution in [3.05, 3.63) is 354 Å². The van der Waals surface area contributed by atoms with E-state index in [4.69, 9.17) is 8.83 Å². The first-order chi connectivity index (χ1) is 52.4. The highest BCUT2D eigenvalue weighted by Crippen LogP contribution is 2.55. The van der Waals surface area contributed by atoms with Gasteiger partial charge in [-0.25, -0.2) is 0 Å². The molecule has 0 saturated heterocycles. The SMILES string of the molecule is Brc1ccc(-c2ccc3c4ccccc4c4ccccc4c3c2)cc1.CC1(C)c2cc3[nH]c4ccccc4c3cc2-c2cc3c(cc21)oc1ccccc13.CC1(C)c2cc3oc4ccccc4c3cc2-c2cc3c4ccccc4n(-c4ccc(-c5ccc6c7ccccc7c7ccccc7c6c5)cc4)c3cc21. The molecule has 2 aliphatic carbocycles. The first-order valence-electron chi connectivity index (χ1n) is 37.0. The average Bonchev–Trinajstić information content (AvgIpc) is 1.52. The number of nitrogens with one attached hydrogen (secondary N) is 1. The third kappa shape index (κ3) is 9.27. The zero-order chi connectivity index (χ0) is 71.1. The third-order valence-corrected chi connectivity index (χ3v) is 24.4. The van der Waals surface area contributed by atoms with E-state index in [1.54, 1.807) is 0 Å². The van der Waals surface area contributed by atoms with E-state index in [-0.39, 0.29) is 10.8 Å². The smallest absolute Gasteiger partial charge is 0.135 e. The number of aromatic nitrogens is 2. The molecule has 5 heteroatoms. The van der Waals surface area contributed by atoms with Gasteiger partial charge in [0.05, 0.1) is 11.0 Å². The number of rotatable bonds is 3. The van der Waals surface area contributed by atoms with Gasteiger partial charge in [-0.1, -0.05) is 262 Å². The topological polar surface area (TPSA) is 47.0 Å². The molecule has 4 heterocycles. The Bertz CT molecular complexity index is 7370. The van der Waals surface area contributed by atoms with Gasteiger partial charge in [0.25, 0.3) is 0 Å². The molecule has 18 aromatic carbocycles. The monoisotopic (exact) mass is 1430 g/mol. The van der Waals surface area contributed by atoms with Crippen LogP contribution in [0.15, 0.2) is 341 Å². The summed E-state index contributed by atoms with van der Waals surface area (Å²) in [6, 6.07) is 119. The standard InChI is InChI=1S/C51H33NO.C27H19NO.C24H15Br/c1-51(2)45-28-48-43(26-41(45)42-27-44-39-16-8-10-18-49(39)53-50(44)29-46(42)51)38-15-7-9-17-47(38)52(48)32-22-19-30(20-23-32)31-21-24-37-35-13-4-3-11-33(35)34-12-5-6-14-36(34)40(37)25-31;1-27(2)21-13-24-19(15-7-3-5-9-23(15)28-24)11-17(21)18-12-20-16-8-4-6-10-25(16)29-26(20)14-22(18)27;25-18-12-9-16(10-13-18)17-11-14-23-21-7-2-1-5-19(21)20-6-3-4-8-22(20)24(23)15-17/h3-29H,1-2H3;3-14,28H,1-2H3;1-15H. The zero-order valence-electron chi connectivity index (χ0n) is 59.3. The lowest BCUT2D eigenvalue weighted by Gasteiger charge is -2.21. The fraction of sp³-hybridized carbons (Fsp3) is 0.0588. The molecule has 22 aromatic rings. The van der Waals surface area contributed by atoms with Crippen molar-refractivity contribution >= 4 is 168 Å². The minimum atomic E-state index is -0.178. The van der Waals surface area contributed by atoms with Crippen LogP contribution in [0.2, 0.25) is 0 Å². The third-order valence-electron chi connectivity index (χ3n) is 23.9. The Hall–Kier alpha value is -12.8. The Labute approximate surface area is 625 Å². The Morgan fingerprint density at radius 3 is 1.08 bits per heavy atom. The van der Waals surface area contributed by atoms with Gasteiger partial charge in [0.15, 0.2) is 0 Å². The maximum absolute atomic E-state index is 6.36. The van der Waals surface area contributed by atoms with E-state index >= 15 is 0 Å². The van der Waals surface area contributed by atoms with Crippen molar-refractivity contribution in [3.63, 3.8) is 0 Å². The Kier molecular flexibility index (Phi) is 13.3. The van der Waals surface area contributed by atoms with E-state index in [1.165, 1.54) is 197 Å². The molecule has 1 N–H and O–H groups in total. The van der Waals surface area contributed by atoms with Gasteiger partial charge < -0.3 is 18.4 Å². The number of para-hydroxylation sites is 4. The molecule has 2 aliphatic rings. The molecule has 0 spiro atoms. The number of hydrogen-bond donors (Lipinski definition) is 1. The maximum Gasteiger partial charge on any atom is 0.135 e. The van der Waals surface area contributed by atoms with Crippen LogP contribution in [0.1, 0.15) is 49.9 Å². The molecule has 0 aliphatic heterocycles. The summed E-state index contributed by atoms with van der Waals surface area (Å²) in [5, 5.41) is 25.5. The number of furan rings is 2. The van der Waals surface area contributed by atoms with E-state index in [1.807, 2.05) is 12.1 Å². The number of benzene rings is 18. The van der Waals surface area contributed by atoms with Crippen molar-refractivity contribution in [1.29, 1.82) is 0 Å². The first-order valence-corrected chi connectivity index (χ1v) is 37.8. The normalized spacial score (nSPS) is 13.4. The summed E-state index contributed by atoms with van der Waals surface area (Å²) in [5.74, 6) is 0. The minimum Gasteiger partial charge on any atom is -0.456 e. The van der Waals surface area contributed by atoms with Gasteiger partial charge in [0, 0.05) is 75.1 Å². The summed E-state index contributed by atoms with van der Waals surface area (Å²) in [6.07, 6.45) is 0. The van der Waals surface area contributed by atoms with Gasteiger partial charge in [0.2, 0.25) is 0 Å². The number of halogens is 1. The van der Waals surface area contributed by atoms with Crippen LogP contribution in [0, 0.1) is 0 Å². The van der Waals surface area contributed by atoms with Crippen LogP contribution in [-0.4, -0.2) is 9.55 Å². The van der Waals surface area contributed by atoms with Crippen LogP contribution in [0.5, 0.6) is 0 Å². The van der Waals surface area contributed by atoms with Crippen molar-refractivity contribution in [2.45, 2.75) is 38.5 Å². The second kappa shape index (κ2) is 23.1. The second-order valence-corrected chi connectivity index (χ2v) is 31.3. The fourth-order valence-corrected chi connectivity index (χ4v) is 18.9. The quantitative estimate of drug-likeness (QED) is 0.179. The average molecular weight is 1430 g/mol. The van der Waals surface area contributed by atoms with Gasteiger partial charge in [-0.15, -0.1) is 0 Å². The number of aromatic amines is 1. The van der Waals surface area contributed by atoms with Gasteiger partial charge in [-0.3, -0.25) is 0 Å². The predicted molar refractivity (Wildman–Crippen MR) is 456 cm³/mol. The summed E-state index contributed by atoms with van der Waals surface area (Å²) in [6.45, 7) is 9.35. The fourth-order valence-electron chi connectivity index (χ4n) is 18.6. The van der Waals surface area contributed by atoms with Crippen LogP contribution >= 0.6 is 15.9 Å². The summed E-state index contributed by atoms with van der Waals surface area (Å²) < 4.78 is 16.1. The minimum absolute atomic E-state index is 0.0662. The van der Waals surface area contributed by atoms with E-state index in [0.717, 1.165) is 32.5 Å². The highest BCUT2D eigenvalue weighted by molar-refractivity contribution is 9.10. The van der Waals surface area contributed by atoms with Crippen molar-refractivity contribution < 1.29 is 8.83 Å². The molecule has 0 saturated carbocycles. The molecule has 107 heavy (non-hydrogen) atoms. The largest absolute Gasteiger partial charge is 0.456 e. The zero-order valence-corrected chi connectivity index (χ0v) is 60.9. The van der Waals surface area contributed by atoms with Crippen LogP contribution < -0.4 is 0 Å². The van der Waals surface area contributed by atoms with Crippen molar-refractivity contribution in [3.8, 4) is 50.2 Å². The lowest BCUT2D eigenvalue weighted by molar-refractivity contribution is 0.647. The van der Waals surface area contributed by atoms with Gasteiger partial charge in [-0.2, -0.15) is 0 Å². The van der Waals surface area contributed by atoms with E-state index < -0.39 is 0 Å². The molecular formula is C102H67BrN2O2. The molecule has 24 rings (SSSR count). The first kappa shape index (κ1) is 61.7. The Morgan fingerprint density at radius 1 is 0.243 bits per heavy atom. The highest BCUT2D eigenvalue weighted by Gasteiger charge is 2.39. The summed E-state index contributed by atoms with van der Waals surface area (Å²) >= 11 is 3.52. The van der Waals surface area contributed by atoms with Crippen LogP contribution in [-0.2, 0) is 10.8 Å². The molecule has 0 bridgehead atoms. The summed E-state index contributed by atoms with van der Waals surface area (Å²) in [4.78, 5) is 3.61. The van der Waals surface area contributed by atoms with E-state index in [0.29, 0.717) is 0 Å². The highest BCUT2D eigenvalue weighted by atomic mass is 79.9. The number of nitrogens with zero attached hydrogens (tertiary/aromatic N) is 1. The van der Waals surface area contributed by atoms with Crippen molar-refractivity contribution in [1.82, 2.24) is 9.55 Å². The van der Waals surface area contributed by atoms with Gasteiger partial charge in [-0.05, 0) is 241 Å². The molecule has 0 amide bonds. The molecule has 0 atom stereocenters. The molecule has 0 fully saturated rings. The number of H-pyrrole nitrogens is 1. The van der Waals surface area contributed by atoms with E-state index in [2.05, 4.69) is 369 Å². The molecular weight excluding hydrogens is 1370 g/mol. The number of fused-ring (bicyclic) bond motifs is 30. The van der Waals surface area contributed by atoms with E-state index in [9.17, 15) is 0 Å². The lowest BCUT2D eigenvalue weighted by atomic mass is 9.82. The summed E-state index contributed by atoms with van der Waals surface area (Å²) in [7, 11) is 0. The summed E-state index contributed by atoms with van der Waals surface area (Å²) in [5.41, 5.74) is 25.2. The van der Waals surface area contributed by atoms with Crippen molar-refractivity contribution in [2.75, 3.05) is 0 Å². The second-order valence-electron chi connectivity index (χ2n) is 30.4. The van der Waals surface area contributed by atoms with Gasteiger partial charge >= 0.3 is 0 Å². The van der Waals surface area contributed by atoms with Crippen molar-refractivity contribution in [2.24, 2.45) is 0 Å². The van der Waals surface area contributed by atoms with Crippen LogP contribution in [0.4, 0.5) is 0 Å². The predicted octanol–water partition coefficient (Wildman–Crippen LogP) is 29.2.